The van der Waals surface area contributed by atoms with Crippen LogP contribution in [0.4, 0.5) is 0 Å². The van der Waals surface area contributed by atoms with Gasteiger partial charge in [0.1, 0.15) is 0 Å². The Bertz CT molecular complexity index is 665. The molecule has 21 heavy (non-hydrogen) atoms. The smallest absolute Gasteiger partial charge is 0.358 e. The van der Waals surface area contributed by atoms with Crippen LogP contribution >= 0.6 is 15.9 Å². The number of rotatable bonds is 5. The number of aromatic nitrogens is 1. The van der Waals surface area contributed by atoms with Crippen LogP contribution < -0.4 is 9.47 Å². The van der Waals surface area contributed by atoms with Crippen molar-refractivity contribution in [2.75, 3.05) is 7.11 Å². The summed E-state index contributed by atoms with van der Waals surface area (Å²) in [5, 5.41) is 12.4. The van der Waals surface area contributed by atoms with Gasteiger partial charge in [-0.15, -0.1) is 0 Å². The van der Waals surface area contributed by atoms with E-state index in [1.54, 1.807) is 12.1 Å². The molecule has 112 valence electrons. The topological polar surface area (TPSA) is 81.8 Å². The van der Waals surface area contributed by atoms with Gasteiger partial charge in [0.15, 0.2) is 23.0 Å². The lowest BCUT2D eigenvalue weighted by molar-refractivity contribution is 0.0686. The molecule has 1 N–H and O–H groups in total. The molecule has 0 atom stereocenters. The van der Waals surface area contributed by atoms with Gasteiger partial charge < -0.3 is 19.1 Å². The Labute approximate surface area is 129 Å². The van der Waals surface area contributed by atoms with Gasteiger partial charge in [0.2, 0.25) is 0 Å². The Kier molecular flexibility index (Phi) is 4.52. The fourth-order valence-electron chi connectivity index (χ4n) is 1.73. The fourth-order valence-corrected chi connectivity index (χ4v) is 2.25. The lowest BCUT2D eigenvalue weighted by atomic mass is 10.1. The first-order valence-electron chi connectivity index (χ1n) is 6.17. The van der Waals surface area contributed by atoms with Gasteiger partial charge in [0.25, 0.3) is 0 Å². The van der Waals surface area contributed by atoms with E-state index < -0.39 is 5.97 Å². The number of nitrogens with zero attached hydrogens (tertiary/aromatic N) is 1. The van der Waals surface area contributed by atoms with Gasteiger partial charge in [-0.2, -0.15) is 0 Å². The number of methoxy groups -OCH3 is 1. The maximum atomic E-state index is 10.9. The summed E-state index contributed by atoms with van der Waals surface area (Å²) in [5.41, 5.74) is 0.473. The minimum absolute atomic E-state index is 0.000502. The third kappa shape index (κ3) is 3.36. The number of ether oxygens (including phenoxy) is 2. The van der Waals surface area contributed by atoms with Gasteiger partial charge in [-0.1, -0.05) is 5.16 Å². The molecule has 0 saturated heterocycles. The summed E-state index contributed by atoms with van der Waals surface area (Å²) >= 11 is 3.41. The molecule has 0 radical (unpaired) electrons. The summed E-state index contributed by atoms with van der Waals surface area (Å²) in [6.07, 6.45) is 0.000502. The van der Waals surface area contributed by atoms with Gasteiger partial charge in [-0.3, -0.25) is 0 Å². The summed E-state index contributed by atoms with van der Waals surface area (Å²) < 4.78 is 16.7. The van der Waals surface area contributed by atoms with E-state index in [2.05, 4.69) is 21.1 Å². The van der Waals surface area contributed by atoms with E-state index in [1.165, 1.54) is 13.2 Å². The molecule has 0 spiro atoms. The number of carboxylic acids is 1. The number of aromatic carboxylic acids is 1. The minimum atomic E-state index is -1.15. The standard InChI is InChI=1S/C14H14BrNO5/c1-7(2)20-13-5-9(15)8(4-12(13)19-3)11-6-10(14(17)18)16-21-11/h4-7H,1-3H3,(H,17,18). The molecule has 0 amide bonds. The number of hydrogen-bond acceptors (Lipinski definition) is 5. The molecule has 0 bridgehead atoms. The zero-order valence-corrected chi connectivity index (χ0v) is 13.3. The van der Waals surface area contributed by atoms with Crippen molar-refractivity contribution in [2.24, 2.45) is 0 Å². The van der Waals surface area contributed by atoms with E-state index in [1.807, 2.05) is 13.8 Å². The first kappa shape index (κ1) is 15.4. The lowest BCUT2D eigenvalue weighted by Gasteiger charge is -2.15. The Morgan fingerprint density at radius 3 is 2.57 bits per heavy atom. The predicted molar refractivity (Wildman–Crippen MR) is 78.9 cm³/mol. The minimum Gasteiger partial charge on any atom is -0.493 e. The van der Waals surface area contributed by atoms with Crippen molar-refractivity contribution >= 4 is 21.9 Å². The van der Waals surface area contributed by atoms with Crippen molar-refractivity contribution in [3.05, 3.63) is 28.4 Å². The number of halogens is 1. The molecule has 0 fully saturated rings. The third-order valence-electron chi connectivity index (χ3n) is 2.61. The van der Waals surface area contributed by atoms with Gasteiger partial charge in [-0.05, 0) is 41.9 Å². The van der Waals surface area contributed by atoms with Crippen molar-refractivity contribution in [2.45, 2.75) is 20.0 Å². The van der Waals surface area contributed by atoms with Crippen molar-refractivity contribution in [1.82, 2.24) is 5.16 Å². The van der Waals surface area contributed by atoms with Crippen LogP contribution in [0.5, 0.6) is 11.5 Å². The molecule has 0 aliphatic carbocycles. The maximum Gasteiger partial charge on any atom is 0.358 e. The van der Waals surface area contributed by atoms with Crippen LogP contribution in [0.25, 0.3) is 11.3 Å². The zero-order chi connectivity index (χ0) is 15.6. The van der Waals surface area contributed by atoms with E-state index in [0.717, 1.165) is 0 Å². The molecule has 0 aliphatic rings. The van der Waals surface area contributed by atoms with E-state index in [4.69, 9.17) is 19.1 Å². The Balaban J connectivity index is 2.46. The van der Waals surface area contributed by atoms with Crippen LogP contribution in [0.1, 0.15) is 24.3 Å². The van der Waals surface area contributed by atoms with Crippen molar-refractivity contribution in [1.29, 1.82) is 0 Å². The van der Waals surface area contributed by atoms with Crippen molar-refractivity contribution < 1.29 is 23.9 Å². The van der Waals surface area contributed by atoms with Crippen LogP contribution in [0.15, 0.2) is 27.2 Å². The third-order valence-corrected chi connectivity index (χ3v) is 3.27. The summed E-state index contributed by atoms with van der Waals surface area (Å²) in [6.45, 7) is 3.83. The van der Waals surface area contributed by atoms with Gasteiger partial charge in [0.05, 0.1) is 13.2 Å². The van der Waals surface area contributed by atoms with Crippen LogP contribution in [0.2, 0.25) is 0 Å². The van der Waals surface area contributed by atoms with E-state index in [-0.39, 0.29) is 11.8 Å². The summed E-state index contributed by atoms with van der Waals surface area (Å²) in [5.74, 6) is 0.290. The van der Waals surface area contributed by atoms with Crippen LogP contribution in [-0.4, -0.2) is 29.4 Å². The molecular weight excluding hydrogens is 342 g/mol. The van der Waals surface area contributed by atoms with E-state index >= 15 is 0 Å². The van der Waals surface area contributed by atoms with Crippen LogP contribution in [0.3, 0.4) is 0 Å². The molecule has 0 unspecified atom stereocenters. The molecule has 2 aromatic rings. The number of hydrogen-bond donors (Lipinski definition) is 1. The van der Waals surface area contributed by atoms with Crippen LogP contribution in [0, 0.1) is 0 Å². The normalized spacial score (nSPS) is 10.7. The molecule has 1 aromatic carbocycles. The number of carboxylic acid groups (broad SMARTS) is 1. The molecule has 0 saturated carbocycles. The lowest BCUT2D eigenvalue weighted by Crippen LogP contribution is -2.06. The van der Waals surface area contributed by atoms with E-state index in [9.17, 15) is 4.79 Å². The predicted octanol–water partition coefficient (Wildman–Crippen LogP) is 3.60. The fraction of sp³-hybridized carbons (Fsp3) is 0.286. The summed E-state index contributed by atoms with van der Waals surface area (Å²) in [4.78, 5) is 10.9. The Hall–Kier alpha value is -2.02. The highest BCUT2D eigenvalue weighted by molar-refractivity contribution is 9.10. The Morgan fingerprint density at radius 1 is 1.33 bits per heavy atom. The average molecular weight is 356 g/mol. The van der Waals surface area contributed by atoms with Gasteiger partial charge in [-0.25, -0.2) is 4.79 Å². The largest absolute Gasteiger partial charge is 0.493 e. The maximum absolute atomic E-state index is 10.9. The second kappa shape index (κ2) is 6.17. The van der Waals surface area contributed by atoms with Gasteiger partial charge >= 0.3 is 5.97 Å². The van der Waals surface area contributed by atoms with Crippen molar-refractivity contribution in [3.63, 3.8) is 0 Å². The quantitative estimate of drug-likeness (QED) is 0.882. The molecule has 7 heteroatoms. The second-order valence-electron chi connectivity index (χ2n) is 4.53. The number of benzene rings is 1. The highest BCUT2D eigenvalue weighted by Crippen LogP contribution is 2.39. The first-order valence-corrected chi connectivity index (χ1v) is 6.96. The highest BCUT2D eigenvalue weighted by Gasteiger charge is 2.18. The van der Waals surface area contributed by atoms with Gasteiger partial charge in [0, 0.05) is 16.1 Å². The first-order chi connectivity index (χ1) is 9.92. The second-order valence-corrected chi connectivity index (χ2v) is 5.39. The Morgan fingerprint density at radius 2 is 2.05 bits per heavy atom. The molecular formula is C14H14BrNO5. The molecule has 6 nitrogen and oxygen atoms in total. The summed E-state index contributed by atoms with van der Waals surface area (Å²) in [7, 11) is 1.53. The van der Waals surface area contributed by atoms with Crippen LogP contribution in [-0.2, 0) is 0 Å². The molecule has 0 aliphatic heterocycles. The average Bonchev–Trinajstić information content (AvgIpc) is 2.88. The summed E-state index contributed by atoms with van der Waals surface area (Å²) in [6, 6.07) is 4.80. The number of carbonyl (C=O) groups is 1. The molecule has 1 aromatic heterocycles. The van der Waals surface area contributed by atoms with Crippen molar-refractivity contribution in [3.8, 4) is 22.8 Å². The SMILES string of the molecule is COc1cc(-c2cc(C(=O)O)no2)c(Br)cc1OC(C)C. The van der Waals surface area contributed by atoms with E-state index in [0.29, 0.717) is 27.3 Å². The monoisotopic (exact) mass is 355 g/mol. The molecule has 1 heterocycles. The molecule has 2 rings (SSSR count). The highest BCUT2D eigenvalue weighted by atomic mass is 79.9. The zero-order valence-electron chi connectivity index (χ0n) is 11.7.